The van der Waals surface area contributed by atoms with E-state index in [9.17, 15) is 0 Å². The second-order valence-electron chi connectivity index (χ2n) is 4.76. The first-order valence-corrected chi connectivity index (χ1v) is 6.97. The van der Waals surface area contributed by atoms with Crippen molar-refractivity contribution in [1.29, 1.82) is 0 Å². The average molecular weight is 264 g/mol. The number of aryl methyl sites for hydroxylation is 3. The molecule has 0 spiro atoms. The Morgan fingerprint density at radius 2 is 2.00 bits per heavy atom. The van der Waals surface area contributed by atoms with E-state index in [1.165, 1.54) is 10.4 Å². The van der Waals surface area contributed by atoms with Gasteiger partial charge >= 0.3 is 0 Å². The molecule has 2 atom stereocenters. The Bertz CT molecular complexity index is 529. The number of aromatic nitrogens is 3. The molecule has 0 amide bonds. The summed E-state index contributed by atoms with van der Waals surface area (Å²) < 4.78 is 1.86. The summed E-state index contributed by atoms with van der Waals surface area (Å²) in [4.78, 5) is 5.68. The van der Waals surface area contributed by atoms with Crippen LogP contribution in [0.5, 0.6) is 0 Å². The minimum atomic E-state index is 0.262. The molecule has 2 aromatic rings. The Balaban J connectivity index is 2.07. The number of hydrogen-bond donors (Lipinski definition) is 1. The topological polar surface area (TPSA) is 42.7 Å². The number of thiazole rings is 1. The maximum Gasteiger partial charge on any atom is 0.109 e. The van der Waals surface area contributed by atoms with Crippen LogP contribution in [-0.4, -0.2) is 14.8 Å². The summed E-state index contributed by atoms with van der Waals surface area (Å²) >= 11 is 1.75. The summed E-state index contributed by atoms with van der Waals surface area (Å²) in [5, 5.41) is 9.09. The van der Waals surface area contributed by atoms with Crippen LogP contribution in [0.4, 0.5) is 0 Å². The van der Waals surface area contributed by atoms with Crippen molar-refractivity contribution in [3.8, 4) is 0 Å². The maximum absolute atomic E-state index is 4.43. The van der Waals surface area contributed by atoms with Gasteiger partial charge in [0, 0.05) is 35.9 Å². The van der Waals surface area contributed by atoms with Gasteiger partial charge in [0.15, 0.2) is 0 Å². The van der Waals surface area contributed by atoms with Crippen LogP contribution in [0.3, 0.4) is 0 Å². The molecule has 2 heterocycles. The van der Waals surface area contributed by atoms with Gasteiger partial charge in [0.2, 0.25) is 0 Å². The highest BCUT2D eigenvalue weighted by molar-refractivity contribution is 7.11. The van der Waals surface area contributed by atoms with Gasteiger partial charge in [-0.3, -0.25) is 4.68 Å². The zero-order valence-corrected chi connectivity index (χ0v) is 12.4. The van der Waals surface area contributed by atoms with E-state index in [1.807, 2.05) is 24.9 Å². The van der Waals surface area contributed by atoms with Gasteiger partial charge in [-0.2, -0.15) is 5.10 Å². The van der Waals surface area contributed by atoms with Crippen molar-refractivity contribution >= 4 is 11.3 Å². The molecule has 4 nitrogen and oxygen atoms in total. The minimum absolute atomic E-state index is 0.262. The predicted molar refractivity (Wildman–Crippen MR) is 74.8 cm³/mol. The van der Waals surface area contributed by atoms with E-state index in [0.29, 0.717) is 0 Å². The van der Waals surface area contributed by atoms with Crippen LogP contribution in [0.15, 0.2) is 12.4 Å². The maximum atomic E-state index is 4.43. The molecule has 0 aliphatic rings. The summed E-state index contributed by atoms with van der Waals surface area (Å²) in [5.41, 5.74) is 2.33. The third-order valence-electron chi connectivity index (χ3n) is 3.03. The fraction of sp³-hybridized carbons (Fsp3) is 0.538. The van der Waals surface area contributed by atoms with Gasteiger partial charge in [-0.1, -0.05) is 0 Å². The van der Waals surface area contributed by atoms with Gasteiger partial charge in [0.05, 0.1) is 11.7 Å². The number of hydrogen-bond acceptors (Lipinski definition) is 4. The molecule has 2 rings (SSSR count). The van der Waals surface area contributed by atoms with Crippen LogP contribution >= 0.6 is 11.3 Å². The van der Waals surface area contributed by atoms with Crippen molar-refractivity contribution in [3.05, 3.63) is 33.5 Å². The Hall–Kier alpha value is -1.20. The Morgan fingerprint density at radius 3 is 2.50 bits per heavy atom. The van der Waals surface area contributed by atoms with Crippen LogP contribution < -0.4 is 5.32 Å². The van der Waals surface area contributed by atoms with Crippen molar-refractivity contribution in [1.82, 2.24) is 20.1 Å². The fourth-order valence-corrected chi connectivity index (χ4v) is 2.94. The Morgan fingerprint density at radius 1 is 1.28 bits per heavy atom. The molecule has 1 N–H and O–H groups in total. The molecule has 2 unspecified atom stereocenters. The van der Waals surface area contributed by atoms with Gasteiger partial charge in [-0.15, -0.1) is 11.3 Å². The first-order chi connectivity index (χ1) is 8.47. The molecule has 0 radical (unpaired) electrons. The molecule has 5 heteroatoms. The van der Waals surface area contributed by atoms with Crippen LogP contribution in [0.2, 0.25) is 0 Å². The Labute approximate surface area is 112 Å². The standard InChI is InChI=1S/C13H20N4S/c1-8-6-14-13(18-8)11(4)15-9(2)12-7-17(5)16-10(12)3/h6-7,9,11,15H,1-5H3. The first-order valence-electron chi connectivity index (χ1n) is 6.16. The summed E-state index contributed by atoms with van der Waals surface area (Å²) in [6.07, 6.45) is 4.00. The van der Waals surface area contributed by atoms with Crippen LogP contribution in [0, 0.1) is 13.8 Å². The molecule has 2 aromatic heterocycles. The lowest BCUT2D eigenvalue weighted by Crippen LogP contribution is -2.22. The number of rotatable bonds is 4. The van der Waals surface area contributed by atoms with Crippen molar-refractivity contribution in [2.75, 3.05) is 0 Å². The normalized spacial score (nSPS) is 14.7. The Kier molecular flexibility index (Phi) is 3.82. The van der Waals surface area contributed by atoms with E-state index in [2.05, 4.69) is 42.4 Å². The monoisotopic (exact) mass is 264 g/mol. The first kappa shape index (κ1) is 13.2. The highest BCUT2D eigenvalue weighted by atomic mass is 32.1. The number of nitrogens with one attached hydrogen (secondary N) is 1. The van der Waals surface area contributed by atoms with E-state index < -0.39 is 0 Å². The summed E-state index contributed by atoms with van der Waals surface area (Å²) in [6.45, 7) is 8.45. The van der Waals surface area contributed by atoms with Crippen molar-refractivity contribution in [2.24, 2.45) is 7.05 Å². The SMILES string of the molecule is Cc1cnc(C(C)NC(C)c2cn(C)nc2C)s1. The summed E-state index contributed by atoms with van der Waals surface area (Å²) in [5.74, 6) is 0. The van der Waals surface area contributed by atoms with Gasteiger partial charge in [-0.05, 0) is 27.7 Å². The highest BCUT2D eigenvalue weighted by Crippen LogP contribution is 2.23. The molecule has 98 valence electrons. The molecule has 0 aliphatic carbocycles. The van der Waals surface area contributed by atoms with Crippen LogP contribution in [-0.2, 0) is 7.05 Å². The molecule has 0 saturated heterocycles. The predicted octanol–water partition coefficient (Wildman–Crippen LogP) is 2.91. The second kappa shape index (κ2) is 5.20. The van der Waals surface area contributed by atoms with Gasteiger partial charge < -0.3 is 5.32 Å². The van der Waals surface area contributed by atoms with Crippen molar-refractivity contribution in [3.63, 3.8) is 0 Å². The van der Waals surface area contributed by atoms with E-state index in [1.54, 1.807) is 11.3 Å². The molecule has 0 aliphatic heterocycles. The molecule has 0 aromatic carbocycles. The van der Waals surface area contributed by atoms with E-state index in [-0.39, 0.29) is 12.1 Å². The van der Waals surface area contributed by atoms with Crippen LogP contribution in [0.25, 0.3) is 0 Å². The lowest BCUT2D eigenvalue weighted by Gasteiger charge is -2.18. The van der Waals surface area contributed by atoms with E-state index in [0.717, 1.165) is 10.7 Å². The molecule has 18 heavy (non-hydrogen) atoms. The smallest absolute Gasteiger partial charge is 0.109 e. The third-order valence-corrected chi connectivity index (χ3v) is 4.12. The third kappa shape index (κ3) is 2.79. The average Bonchev–Trinajstić information content (AvgIpc) is 2.84. The highest BCUT2D eigenvalue weighted by Gasteiger charge is 2.16. The minimum Gasteiger partial charge on any atom is -0.301 e. The van der Waals surface area contributed by atoms with Crippen molar-refractivity contribution in [2.45, 2.75) is 39.8 Å². The van der Waals surface area contributed by atoms with Gasteiger partial charge in [-0.25, -0.2) is 4.98 Å². The van der Waals surface area contributed by atoms with E-state index >= 15 is 0 Å². The van der Waals surface area contributed by atoms with Crippen molar-refractivity contribution < 1.29 is 0 Å². The largest absolute Gasteiger partial charge is 0.301 e. The fourth-order valence-electron chi connectivity index (χ4n) is 2.15. The number of nitrogens with zero attached hydrogens (tertiary/aromatic N) is 3. The molecular formula is C13H20N4S. The molecule has 0 fully saturated rings. The second-order valence-corrected chi connectivity index (χ2v) is 6.03. The zero-order valence-electron chi connectivity index (χ0n) is 11.6. The molecular weight excluding hydrogens is 244 g/mol. The van der Waals surface area contributed by atoms with Gasteiger partial charge in [0.1, 0.15) is 5.01 Å². The van der Waals surface area contributed by atoms with Crippen LogP contribution in [0.1, 0.15) is 47.1 Å². The summed E-state index contributed by atoms with van der Waals surface area (Å²) in [6, 6.07) is 0.538. The lowest BCUT2D eigenvalue weighted by atomic mass is 10.1. The molecule has 0 saturated carbocycles. The zero-order chi connectivity index (χ0) is 13.3. The van der Waals surface area contributed by atoms with E-state index in [4.69, 9.17) is 0 Å². The molecule has 0 bridgehead atoms. The quantitative estimate of drug-likeness (QED) is 0.923. The summed E-state index contributed by atoms with van der Waals surface area (Å²) in [7, 11) is 1.96. The van der Waals surface area contributed by atoms with Gasteiger partial charge in [0.25, 0.3) is 0 Å². The lowest BCUT2D eigenvalue weighted by molar-refractivity contribution is 0.491.